The van der Waals surface area contributed by atoms with Crippen LogP contribution in [-0.4, -0.2) is 19.0 Å². The summed E-state index contributed by atoms with van der Waals surface area (Å²) in [7, 11) is 1.76. The Morgan fingerprint density at radius 1 is 1.29 bits per heavy atom. The summed E-state index contributed by atoms with van der Waals surface area (Å²) in [6.45, 7) is 3.13. The average molecular weight is 320 g/mol. The van der Waals surface area contributed by atoms with E-state index in [2.05, 4.69) is 35.0 Å². The molecule has 0 aromatic heterocycles. The molecule has 0 heterocycles. The van der Waals surface area contributed by atoms with E-state index in [0.29, 0.717) is 11.8 Å². The molecule has 1 aromatic carbocycles. The summed E-state index contributed by atoms with van der Waals surface area (Å²) < 4.78 is 5.14. The first-order valence-electron chi connectivity index (χ1n) is 5.96. The van der Waals surface area contributed by atoms with Crippen molar-refractivity contribution in [3.8, 4) is 0 Å². The Kier molecular flexibility index (Phi) is 7.17. The van der Waals surface area contributed by atoms with Gasteiger partial charge in [-0.2, -0.15) is 0 Å². The SMILES string of the molecule is COCCC(C)C(CBr)Cc1ccc(Cl)cc1. The molecule has 2 atom stereocenters. The summed E-state index contributed by atoms with van der Waals surface area (Å²) in [6.07, 6.45) is 2.20. The van der Waals surface area contributed by atoms with Crippen LogP contribution in [-0.2, 0) is 11.2 Å². The number of hydrogen-bond acceptors (Lipinski definition) is 1. The zero-order valence-corrected chi connectivity index (χ0v) is 12.8. The molecular formula is C14H20BrClO. The van der Waals surface area contributed by atoms with Crippen molar-refractivity contribution < 1.29 is 4.74 Å². The molecule has 0 bridgehead atoms. The van der Waals surface area contributed by atoms with Crippen LogP contribution in [0.4, 0.5) is 0 Å². The quantitative estimate of drug-likeness (QED) is 0.669. The molecule has 2 unspecified atom stereocenters. The highest BCUT2D eigenvalue weighted by molar-refractivity contribution is 9.09. The van der Waals surface area contributed by atoms with E-state index < -0.39 is 0 Å². The van der Waals surface area contributed by atoms with Crippen molar-refractivity contribution >= 4 is 27.5 Å². The highest BCUT2D eigenvalue weighted by Crippen LogP contribution is 2.23. The van der Waals surface area contributed by atoms with Crippen LogP contribution in [0.3, 0.4) is 0 Å². The summed E-state index contributed by atoms with van der Waals surface area (Å²) in [5, 5.41) is 1.83. The van der Waals surface area contributed by atoms with Gasteiger partial charge in [-0.05, 0) is 42.4 Å². The van der Waals surface area contributed by atoms with E-state index in [4.69, 9.17) is 16.3 Å². The lowest BCUT2D eigenvalue weighted by Crippen LogP contribution is -2.17. The molecule has 0 radical (unpaired) electrons. The van der Waals surface area contributed by atoms with E-state index in [1.54, 1.807) is 7.11 Å². The van der Waals surface area contributed by atoms with Crippen LogP contribution in [0.5, 0.6) is 0 Å². The molecule has 1 nitrogen and oxygen atoms in total. The number of benzene rings is 1. The van der Waals surface area contributed by atoms with Crippen LogP contribution >= 0.6 is 27.5 Å². The minimum atomic E-state index is 0.645. The predicted molar refractivity (Wildman–Crippen MR) is 78.1 cm³/mol. The Bertz CT molecular complexity index is 313. The minimum Gasteiger partial charge on any atom is -0.385 e. The molecule has 1 aromatic rings. The molecule has 0 N–H and O–H groups in total. The lowest BCUT2D eigenvalue weighted by Gasteiger charge is -2.21. The number of alkyl halides is 1. The fraction of sp³-hybridized carbons (Fsp3) is 0.571. The van der Waals surface area contributed by atoms with Crippen molar-refractivity contribution in [2.24, 2.45) is 11.8 Å². The third kappa shape index (κ3) is 5.41. The van der Waals surface area contributed by atoms with Gasteiger partial charge >= 0.3 is 0 Å². The van der Waals surface area contributed by atoms with E-state index in [9.17, 15) is 0 Å². The van der Waals surface area contributed by atoms with Gasteiger partial charge in [-0.1, -0.05) is 46.6 Å². The van der Waals surface area contributed by atoms with Gasteiger partial charge in [0.05, 0.1) is 0 Å². The lowest BCUT2D eigenvalue weighted by molar-refractivity contribution is 0.168. The first kappa shape index (κ1) is 15.0. The summed E-state index contributed by atoms with van der Waals surface area (Å²) in [4.78, 5) is 0. The van der Waals surface area contributed by atoms with Crippen molar-refractivity contribution in [2.75, 3.05) is 19.0 Å². The predicted octanol–water partition coefficient (Wildman–Crippen LogP) is 4.57. The van der Waals surface area contributed by atoms with Gasteiger partial charge in [0.25, 0.3) is 0 Å². The molecule has 3 heteroatoms. The molecule has 0 saturated carbocycles. The fourth-order valence-corrected chi connectivity index (χ4v) is 2.86. The monoisotopic (exact) mass is 318 g/mol. The van der Waals surface area contributed by atoms with E-state index in [1.165, 1.54) is 5.56 Å². The van der Waals surface area contributed by atoms with E-state index in [1.807, 2.05) is 12.1 Å². The van der Waals surface area contributed by atoms with Gasteiger partial charge in [0, 0.05) is 24.1 Å². The molecule has 0 aliphatic heterocycles. The summed E-state index contributed by atoms with van der Waals surface area (Å²) >= 11 is 9.50. The number of hydrogen-bond donors (Lipinski definition) is 0. The first-order chi connectivity index (χ1) is 8.17. The van der Waals surface area contributed by atoms with Gasteiger partial charge in [-0.15, -0.1) is 0 Å². The maximum absolute atomic E-state index is 5.89. The molecule has 96 valence electrons. The van der Waals surface area contributed by atoms with Crippen molar-refractivity contribution in [3.63, 3.8) is 0 Å². The average Bonchev–Trinajstić information content (AvgIpc) is 2.35. The molecule has 0 amide bonds. The minimum absolute atomic E-state index is 0.645. The molecule has 1 rings (SSSR count). The number of methoxy groups -OCH3 is 1. The summed E-state index contributed by atoms with van der Waals surface area (Å²) in [5.41, 5.74) is 1.35. The normalized spacial score (nSPS) is 14.6. The third-order valence-corrected chi connectivity index (χ3v) is 4.28. The molecule has 0 fully saturated rings. The van der Waals surface area contributed by atoms with Gasteiger partial charge in [-0.3, -0.25) is 0 Å². The topological polar surface area (TPSA) is 9.23 Å². The molecule has 0 spiro atoms. The maximum Gasteiger partial charge on any atom is 0.0464 e. The standard InChI is InChI=1S/C14H20BrClO/c1-11(7-8-17-2)13(10-15)9-12-3-5-14(16)6-4-12/h3-6,11,13H,7-10H2,1-2H3. The second-order valence-electron chi connectivity index (χ2n) is 4.50. The zero-order valence-electron chi connectivity index (χ0n) is 10.5. The lowest BCUT2D eigenvalue weighted by atomic mass is 9.88. The van der Waals surface area contributed by atoms with Crippen molar-refractivity contribution in [2.45, 2.75) is 19.8 Å². The van der Waals surface area contributed by atoms with Crippen LogP contribution in [0.15, 0.2) is 24.3 Å². The van der Waals surface area contributed by atoms with Crippen LogP contribution < -0.4 is 0 Å². The van der Waals surface area contributed by atoms with Crippen molar-refractivity contribution in [1.82, 2.24) is 0 Å². The first-order valence-corrected chi connectivity index (χ1v) is 7.46. The number of ether oxygens (including phenoxy) is 1. The molecule has 0 aliphatic rings. The molecule has 17 heavy (non-hydrogen) atoms. The number of rotatable bonds is 7. The Morgan fingerprint density at radius 2 is 1.94 bits per heavy atom. The van der Waals surface area contributed by atoms with Gasteiger partial charge in [0.15, 0.2) is 0 Å². The van der Waals surface area contributed by atoms with Crippen LogP contribution in [0.1, 0.15) is 18.9 Å². The third-order valence-electron chi connectivity index (χ3n) is 3.19. The second-order valence-corrected chi connectivity index (χ2v) is 5.59. The molecule has 0 aliphatic carbocycles. The van der Waals surface area contributed by atoms with Crippen LogP contribution in [0.2, 0.25) is 5.02 Å². The summed E-state index contributed by atoms with van der Waals surface area (Å²) in [6, 6.07) is 8.14. The Morgan fingerprint density at radius 3 is 2.47 bits per heavy atom. The van der Waals surface area contributed by atoms with Crippen LogP contribution in [0, 0.1) is 11.8 Å². The van der Waals surface area contributed by atoms with Gasteiger partial charge in [-0.25, -0.2) is 0 Å². The number of halogens is 2. The smallest absolute Gasteiger partial charge is 0.0464 e. The second kappa shape index (κ2) is 8.12. The maximum atomic E-state index is 5.89. The highest BCUT2D eigenvalue weighted by atomic mass is 79.9. The van der Waals surface area contributed by atoms with Crippen molar-refractivity contribution in [1.29, 1.82) is 0 Å². The van der Waals surface area contributed by atoms with Gasteiger partial charge in [0.1, 0.15) is 0 Å². The van der Waals surface area contributed by atoms with E-state index in [0.717, 1.165) is 29.8 Å². The molecular weight excluding hydrogens is 300 g/mol. The summed E-state index contributed by atoms with van der Waals surface area (Å²) in [5.74, 6) is 1.30. The van der Waals surface area contributed by atoms with Crippen molar-refractivity contribution in [3.05, 3.63) is 34.9 Å². The van der Waals surface area contributed by atoms with Gasteiger partial charge < -0.3 is 4.74 Å². The Balaban J connectivity index is 2.53. The van der Waals surface area contributed by atoms with Gasteiger partial charge in [0.2, 0.25) is 0 Å². The van der Waals surface area contributed by atoms with E-state index >= 15 is 0 Å². The highest BCUT2D eigenvalue weighted by Gasteiger charge is 2.16. The Hall–Kier alpha value is -0.0500. The largest absolute Gasteiger partial charge is 0.385 e. The van der Waals surface area contributed by atoms with Crippen LogP contribution in [0.25, 0.3) is 0 Å². The fourth-order valence-electron chi connectivity index (χ4n) is 1.87. The Labute approximate surface area is 118 Å². The molecule has 0 saturated heterocycles. The van der Waals surface area contributed by atoms with E-state index in [-0.39, 0.29) is 0 Å². The zero-order chi connectivity index (χ0) is 12.7.